The van der Waals surface area contributed by atoms with Gasteiger partial charge in [-0.2, -0.15) is 0 Å². The van der Waals surface area contributed by atoms with Crippen LogP contribution in [0, 0.1) is 12.8 Å². The minimum atomic E-state index is -0.375. The number of aryl methyl sites for hydroxylation is 1. The van der Waals surface area contributed by atoms with Crippen molar-refractivity contribution in [2.75, 3.05) is 13.7 Å². The molecule has 1 aliphatic heterocycles. The van der Waals surface area contributed by atoms with Gasteiger partial charge in [0.1, 0.15) is 6.04 Å². The number of rotatable bonds is 6. The Labute approximate surface area is 132 Å². The molecule has 2 rings (SSSR count). The van der Waals surface area contributed by atoms with Gasteiger partial charge in [0.15, 0.2) is 0 Å². The second-order valence-corrected chi connectivity index (χ2v) is 6.54. The summed E-state index contributed by atoms with van der Waals surface area (Å²) in [5.41, 5.74) is 2.39. The highest BCUT2D eigenvalue weighted by atomic mass is 16.2. The molecule has 1 atom stereocenters. The molecule has 0 unspecified atom stereocenters. The van der Waals surface area contributed by atoms with Crippen molar-refractivity contribution in [1.29, 1.82) is 0 Å². The van der Waals surface area contributed by atoms with E-state index < -0.39 is 0 Å². The van der Waals surface area contributed by atoms with E-state index in [1.807, 2.05) is 25.8 Å². The van der Waals surface area contributed by atoms with Crippen molar-refractivity contribution in [3.8, 4) is 0 Å². The first-order valence-corrected chi connectivity index (χ1v) is 7.72. The number of nitrogens with one attached hydrogen (secondary N) is 1. The maximum atomic E-state index is 12.3. The lowest BCUT2D eigenvalue weighted by Crippen LogP contribution is -2.40. The molecular weight excluding hydrogens is 278 g/mol. The zero-order valence-corrected chi connectivity index (χ0v) is 13.8. The molecule has 1 heterocycles. The Morgan fingerprint density at radius 1 is 1.23 bits per heavy atom. The molecule has 0 radical (unpaired) electrons. The molecule has 120 valence electrons. The second-order valence-electron chi connectivity index (χ2n) is 6.54. The van der Waals surface area contributed by atoms with E-state index in [2.05, 4.69) is 36.5 Å². The number of hydrogen-bond donors (Lipinski definition) is 1. The van der Waals surface area contributed by atoms with Crippen LogP contribution in [0.3, 0.4) is 0 Å². The highest BCUT2D eigenvalue weighted by Gasteiger charge is 2.38. The molecule has 5 heteroatoms. The highest BCUT2D eigenvalue weighted by molar-refractivity contribution is 6.04. The average Bonchev–Trinajstić information content (AvgIpc) is 2.68. The molecule has 1 fully saturated rings. The van der Waals surface area contributed by atoms with E-state index in [9.17, 15) is 9.59 Å². The maximum absolute atomic E-state index is 12.3. The summed E-state index contributed by atoms with van der Waals surface area (Å²) in [6.45, 7) is 7.16. The van der Waals surface area contributed by atoms with Gasteiger partial charge < -0.3 is 5.32 Å². The molecule has 1 aromatic carbocycles. The quantitative estimate of drug-likeness (QED) is 0.821. The maximum Gasteiger partial charge on any atom is 0.325 e. The number of benzene rings is 1. The van der Waals surface area contributed by atoms with Crippen LogP contribution in [0.4, 0.5) is 4.79 Å². The van der Waals surface area contributed by atoms with Gasteiger partial charge in [0.05, 0.1) is 6.67 Å². The zero-order chi connectivity index (χ0) is 16.3. The van der Waals surface area contributed by atoms with Crippen LogP contribution in [0.15, 0.2) is 24.3 Å². The van der Waals surface area contributed by atoms with Gasteiger partial charge in [-0.3, -0.25) is 9.69 Å². The van der Waals surface area contributed by atoms with E-state index in [4.69, 9.17) is 0 Å². The molecule has 0 aliphatic carbocycles. The largest absolute Gasteiger partial charge is 0.326 e. The third-order valence-electron chi connectivity index (χ3n) is 3.77. The van der Waals surface area contributed by atoms with Crippen LogP contribution in [0.5, 0.6) is 0 Å². The van der Waals surface area contributed by atoms with Gasteiger partial charge in [0.25, 0.3) is 5.91 Å². The van der Waals surface area contributed by atoms with Crippen LogP contribution < -0.4 is 5.32 Å². The lowest BCUT2D eigenvalue weighted by Gasteiger charge is -2.22. The molecule has 0 bridgehead atoms. The highest BCUT2D eigenvalue weighted by Crippen LogP contribution is 2.15. The minimum Gasteiger partial charge on any atom is -0.326 e. The van der Waals surface area contributed by atoms with Gasteiger partial charge in [-0.25, -0.2) is 9.69 Å². The van der Waals surface area contributed by atoms with Gasteiger partial charge in [-0.1, -0.05) is 43.7 Å². The van der Waals surface area contributed by atoms with E-state index in [1.54, 1.807) is 0 Å². The monoisotopic (exact) mass is 303 g/mol. The Morgan fingerprint density at radius 3 is 2.45 bits per heavy atom. The zero-order valence-electron chi connectivity index (χ0n) is 13.8. The molecule has 1 aromatic rings. The number of amides is 3. The van der Waals surface area contributed by atoms with Gasteiger partial charge >= 0.3 is 6.03 Å². The molecular formula is C17H25N3O2. The van der Waals surface area contributed by atoms with E-state index in [-0.39, 0.29) is 18.0 Å². The predicted molar refractivity (Wildman–Crippen MR) is 86.1 cm³/mol. The van der Waals surface area contributed by atoms with Crippen LogP contribution in [-0.4, -0.2) is 41.5 Å². The minimum absolute atomic E-state index is 0.116. The number of imide groups is 1. The van der Waals surface area contributed by atoms with Crippen LogP contribution in [-0.2, 0) is 11.3 Å². The van der Waals surface area contributed by atoms with Crippen molar-refractivity contribution < 1.29 is 9.59 Å². The first kappa shape index (κ1) is 16.5. The summed E-state index contributed by atoms with van der Waals surface area (Å²) < 4.78 is 0. The molecule has 0 aromatic heterocycles. The van der Waals surface area contributed by atoms with Crippen molar-refractivity contribution in [2.45, 2.75) is 39.8 Å². The van der Waals surface area contributed by atoms with Crippen molar-refractivity contribution in [3.63, 3.8) is 0 Å². The molecule has 0 spiro atoms. The van der Waals surface area contributed by atoms with Crippen LogP contribution in [0.1, 0.15) is 31.4 Å². The van der Waals surface area contributed by atoms with Gasteiger partial charge in [-0.05, 0) is 31.9 Å². The summed E-state index contributed by atoms with van der Waals surface area (Å²) in [7, 11) is 1.91. The van der Waals surface area contributed by atoms with E-state index >= 15 is 0 Å². The summed E-state index contributed by atoms with van der Waals surface area (Å²) in [5, 5.41) is 2.77. The molecule has 1 aliphatic rings. The molecule has 3 amide bonds. The third-order valence-corrected chi connectivity index (χ3v) is 3.77. The van der Waals surface area contributed by atoms with Crippen molar-refractivity contribution in [1.82, 2.24) is 15.1 Å². The first-order valence-electron chi connectivity index (χ1n) is 7.72. The lowest BCUT2D eigenvalue weighted by molar-refractivity contribution is -0.129. The topological polar surface area (TPSA) is 52.6 Å². The van der Waals surface area contributed by atoms with E-state index in [0.717, 1.165) is 0 Å². The fraction of sp³-hybridized carbons (Fsp3) is 0.529. The Bertz CT molecular complexity index is 539. The summed E-state index contributed by atoms with van der Waals surface area (Å²) in [5.74, 6) is 0.258. The molecule has 1 saturated heterocycles. The summed E-state index contributed by atoms with van der Waals surface area (Å²) in [4.78, 5) is 27.6. The predicted octanol–water partition coefficient (Wildman–Crippen LogP) is 2.35. The molecule has 5 nitrogen and oxygen atoms in total. The Morgan fingerprint density at radius 2 is 1.86 bits per heavy atom. The standard InChI is InChI=1S/C17H25N3O2/c1-12(2)9-15-16(21)20(17(22)18-15)11-19(4)10-14-7-5-13(3)6-8-14/h5-8,12,15H,9-11H2,1-4H3,(H,18,22)/t15-/m0/s1. The van der Waals surface area contributed by atoms with Gasteiger partial charge in [0, 0.05) is 6.54 Å². The fourth-order valence-electron chi connectivity index (χ4n) is 2.64. The molecule has 22 heavy (non-hydrogen) atoms. The number of carbonyl (C=O) groups excluding carboxylic acids is 2. The fourth-order valence-corrected chi connectivity index (χ4v) is 2.64. The number of nitrogens with zero attached hydrogens (tertiary/aromatic N) is 2. The Kier molecular flexibility index (Phi) is 5.19. The lowest BCUT2D eigenvalue weighted by atomic mass is 10.0. The summed E-state index contributed by atoms with van der Waals surface area (Å²) in [6.07, 6.45) is 0.683. The SMILES string of the molecule is Cc1ccc(CN(C)CN2C(=O)N[C@@H](CC(C)C)C2=O)cc1. The smallest absolute Gasteiger partial charge is 0.325 e. The van der Waals surface area contributed by atoms with Crippen molar-refractivity contribution in [2.24, 2.45) is 5.92 Å². The third kappa shape index (κ3) is 4.07. The Balaban J connectivity index is 1.93. The summed E-state index contributed by atoms with van der Waals surface area (Å²) in [6, 6.07) is 7.61. The molecule has 0 saturated carbocycles. The van der Waals surface area contributed by atoms with Crippen LogP contribution in [0.2, 0.25) is 0 Å². The first-order chi connectivity index (χ1) is 10.4. The molecule has 1 N–H and O–H groups in total. The van der Waals surface area contributed by atoms with Crippen molar-refractivity contribution >= 4 is 11.9 Å². The number of carbonyl (C=O) groups is 2. The summed E-state index contributed by atoms with van der Waals surface area (Å²) >= 11 is 0. The van der Waals surface area contributed by atoms with Crippen molar-refractivity contribution in [3.05, 3.63) is 35.4 Å². The van der Waals surface area contributed by atoms with Gasteiger partial charge in [-0.15, -0.1) is 0 Å². The van der Waals surface area contributed by atoms with Crippen LogP contribution in [0.25, 0.3) is 0 Å². The second kappa shape index (κ2) is 6.92. The number of urea groups is 1. The van der Waals surface area contributed by atoms with E-state index in [1.165, 1.54) is 16.0 Å². The number of hydrogen-bond acceptors (Lipinski definition) is 3. The average molecular weight is 303 g/mol. The Hall–Kier alpha value is -1.88. The normalized spacial score (nSPS) is 18.5. The van der Waals surface area contributed by atoms with Gasteiger partial charge in [0.2, 0.25) is 0 Å². The van der Waals surface area contributed by atoms with Crippen LogP contribution >= 0.6 is 0 Å². The van der Waals surface area contributed by atoms with E-state index in [0.29, 0.717) is 25.6 Å².